The van der Waals surface area contributed by atoms with Gasteiger partial charge >= 0.3 is 0 Å². The van der Waals surface area contributed by atoms with Gasteiger partial charge in [-0.3, -0.25) is 9.59 Å². The van der Waals surface area contributed by atoms with E-state index in [0.29, 0.717) is 50.4 Å². The van der Waals surface area contributed by atoms with Gasteiger partial charge in [0.1, 0.15) is 12.4 Å². The molecule has 1 rings (SSSR count). The lowest BCUT2D eigenvalue weighted by Gasteiger charge is -2.30. The van der Waals surface area contributed by atoms with E-state index in [1.54, 1.807) is 18.2 Å². The van der Waals surface area contributed by atoms with Crippen LogP contribution in [0, 0.1) is 23.7 Å². The first kappa shape index (κ1) is 30.9. The summed E-state index contributed by atoms with van der Waals surface area (Å²) in [5.74, 6) is 0.368. The van der Waals surface area contributed by atoms with E-state index in [4.69, 9.17) is 16.2 Å². The van der Waals surface area contributed by atoms with Crippen LogP contribution in [0.5, 0.6) is 5.75 Å². The van der Waals surface area contributed by atoms with Gasteiger partial charge < -0.3 is 31.9 Å². The molecule has 8 heteroatoms. The largest absolute Gasteiger partial charge is 0.491 e. The Morgan fingerprint density at radius 3 is 2.34 bits per heavy atom. The lowest BCUT2D eigenvalue weighted by atomic mass is 9.83. The maximum absolute atomic E-state index is 12.8. The number of aliphatic hydroxyl groups excluding tert-OH is 1. The molecule has 0 saturated carbocycles. The number of carbonyl (C=O) groups is 2. The van der Waals surface area contributed by atoms with Crippen LogP contribution in [0.1, 0.15) is 70.7 Å². The van der Waals surface area contributed by atoms with Crippen LogP contribution >= 0.6 is 0 Å². The Balaban J connectivity index is 2.72. The van der Waals surface area contributed by atoms with Gasteiger partial charge in [-0.05, 0) is 49.1 Å². The van der Waals surface area contributed by atoms with Crippen molar-refractivity contribution in [2.24, 2.45) is 35.1 Å². The molecule has 1 aromatic rings. The predicted molar refractivity (Wildman–Crippen MR) is 141 cm³/mol. The number of unbranched alkanes of at least 4 members (excludes halogenated alkanes) is 1. The van der Waals surface area contributed by atoms with Crippen molar-refractivity contribution in [1.82, 2.24) is 10.6 Å². The van der Waals surface area contributed by atoms with Crippen LogP contribution in [-0.2, 0) is 4.79 Å². The number of benzene rings is 1. The summed E-state index contributed by atoms with van der Waals surface area (Å²) in [7, 11) is 0. The van der Waals surface area contributed by atoms with Crippen molar-refractivity contribution in [2.75, 3.05) is 26.2 Å². The van der Waals surface area contributed by atoms with Gasteiger partial charge in [0, 0.05) is 31.6 Å². The van der Waals surface area contributed by atoms with Gasteiger partial charge in [-0.2, -0.15) is 0 Å². The fraction of sp³-hybridized carbons (Fsp3) is 0.704. The molecule has 0 saturated heterocycles. The average molecular weight is 493 g/mol. The van der Waals surface area contributed by atoms with E-state index in [2.05, 4.69) is 31.4 Å². The number of nitrogens with two attached hydrogens (primary N) is 2. The zero-order valence-electron chi connectivity index (χ0n) is 22.3. The number of amides is 2. The van der Waals surface area contributed by atoms with Crippen LogP contribution in [-0.4, -0.2) is 55.3 Å². The highest BCUT2D eigenvalue weighted by atomic mass is 16.5. The standard InChI is InChI=1S/C27H48N4O4/c1-6-7-13-30-27(34)22(19(4)5)16-24(32)23(29)15-20(18(2)3)17-31-26(33)21-10-8-9-11-25(21)35-14-12-28/h8-11,18-20,22-24,32H,6-7,12-17,28-29H2,1-5H3,(H,30,34)(H,31,33)/t20-,22-,23-,24-/m0/s1. The SMILES string of the molecule is CCCCNC(=O)[C@@H](C[C@H](O)[C@@H](N)C[C@@H](CNC(=O)c1ccccc1OCCN)C(C)C)C(C)C. The first-order valence-electron chi connectivity index (χ1n) is 13.0. The summed E-state index contributed by atoms with van der Waals surface area (Å²) in [5.41, 5.74) is 12.4. The van der Waals surface area contributed by atoms with Gasteiger partial charge in [-0.1, -0.05) is 53.2 Å². The van der Waals surface area contributed by atoms with E-state index in [1.807, 2.05) is 19.9 Å². The third kappa shape index (κ3) is 11.0. The van der Waals surface area contributed by atoms with Crippen LogP contribution in [0.15, 0.2) is 24.3 Å². The highest BCUT2D eigenvalue weighted by Gasteiger charge is 2.29. The number of ether oxygens (including phenoxy) is 1. The normalized spacial score (nSPS) is 14.9. The molecule has 200 valence electrons. The minimum Gasteiger partial charge on any atom is -0.491 e. The molecule has 8 nitrogen and oxygen atoms in total. The molecule has 0 aliphatic rings. The molecule has 0 bridgehead atoms. The monoisotopic (exact) mass is 492 g/mol. The molecule has 0 aliphatic carbocycles. The summed E-state index contributed by atoms with van der Waals surface area (Å²) in [6.07, 6.45) is 2.00. The van der Waals surface area contributed by atoms with Gasteiger partial charge in [0.2, 0.25) is 5.91 Å². The van der Waals surface area contributed by atoms with Crippen molar-refractivity contribution in [3.05, 3.63) is 29.8 Å². The van der Waals surface area contributed by atoms with Gasteiger partial charge in [-0.25, -0.2) is 0 Å². The molecule has 2 amide bonds. The molecule has 7 N–H and O–H groups in total. The van der Waals surface area contributed by atoms with Crippen molar-refractivity contribution in [3.8, 4) is 5.75 Å². The topological polar surface area (TPSA) is 140 Å². The maximum atomic E-state index is 12.8. The molecule has 0 fully saturated rings. The van der Waals surface area contributed by atoms with Crippen molar-refractivity contribution in [1.29, 1.82) is 0 Å². The van der Waals surface area contributed by atoms with Crippen molar-refractivity contribution < 1.29 is 19.4 Å². The highest BCUT2D eigenvalue weighted by Crippen LogP contribution is 2.24. The van der Waals surface area contributed by atoms with Gasteiger partial charge in [0.05, 0.1) is 11.7 Å². The highest BCUT2D eigenvalue weighted by molar-refractivity contribution is 5.96. The van der Waals surface area contributed by atoms with Crippen LogP contribution < -0.4 is 26.8 Å². The average Bonchev–Trinajstić information content (AvgIpc) is 2.82. The van der Waals surface area contributed by atoms with E-state index in [1.165, 1.54) is 0 Å². The summed E-state index contributed by atoms with van der Waals surface area (Å²) in [4.78, 5) is 25.5. The Hall–Kier alpha value is -2.16. The fourth-order valence-electron chi connectivity index (χ4n) is 4.00. The zero-order chi connectivity index (χ0) is 26.4. The third-order valence-corrected chi connectivity index (χ3v) is 6.51. The maximum Gasteiger partial charge on any atom is 0.255 e. The smallest absolute Gasteiger partial charge is 0.255 e. The molecular weight excluding hydrogens is 444 g/mol. The lowest BCUT2D eigenvalue weighted by Crippen LogP contribution is -2.44. The fourth-order valence-corrected chi connectivity index (χ4v) is 4.00. The van der Waals surface area contributed by atoms with Crippen molar-refractivity contribution >= 4 is 11.8 Å². The number of nitrogens with one attached hydrogen (secondary N) is 2. The van der Waals surface area contributed by atoms with Crippen LogP contribution in [0.25, 0.3) is 0 Å². The molecule has 35 heavy (non-hydrogen) atoms. The molecular formula is C27H48N4O4. The molecule has 0 aromatic heterocycles. The first-order chi connectivity index (χ1) is 16.6. The van der Waals surface area contributed by atoms with Gasteiger partial charge in [0.15, 0.2) is 0 Å². The number of hydrogen-bond acceptors (Lipinski definition) is 6. The van der Waals surface area contributed by atoms with E-state index in [0.717, 1.165) is 12.8 Å². The van der Waals surface area contributed by atoms with Crippen LogP contribution in [0.2, 0.25) is 0 Å². The molecule has 4 atom stereocenters. The Kier molecular flexibility index (Phi) is 14.6. The Morgan fingerprint density at radius 1 is 1.06 bits per heavy atom. The molecule has 0 radical (unpaired) electrons. The van der Waals surface area contributed by atoms with Crippen molar-refractivity contribution in [2.45, 2.75) is 72.4 Å². The number of carbonyl (C=O) groups excluding carboxylic acids is 2. The second kappa shape index (κ2) is 16.5. The van der Waals surface area contributed by atoms with E-state index in [-0.39, 0.29) is 35.5 Å². The summed E-state index contributed by atoms with van der Waals surface area (Å²) in [6.45, 7) is 12.0. The summed E-state index contributed by atoms with van der Waals surface area (Å²) in [5, 5.41) is 16.8. The zero-order valence-corrected chi connectivity index (χ0v) is 22.3. The molecule has 0 heterocycles. The predicted octanol–water partition coefficient (Wildman–Crippen LogP) is 2.68. The van der Waals surface area contributed by atoms with E-state index in [9.17, 15) is 14.7 Å². The molecule has 0 aliphatic heterocycles. The number of aliphatic hydroxyl groups is 1. The lowest BCUT2D eigenvalue weighted by molar-refractivity contribution is -0.127. The summed E-state index contributed by atoms with van der Waals surface area (Å²) < 4.78 is 5.59. The number of rotatable bonds is 17. The second-order valence-corrected chi connectivity index (χ2v) is 10.0. The Bertz CT molecular complexity index is 756. The quantitative estimate of drug-likeness (QED) is 0.212. The summed E-state index contributed by atoms with van der Waals surface area (Å²) >= 11 is 0. The van der Waals surface area contributed by atoms with Crippen LogP contribution in [0.4, 0.5) is 0 Å². The first-order valence-corrected chi connectivity index (χ1v) is 13.0. The molecule has 1 aromatic carbocycles. The molecule has 0 spiro atoms. The van der Waals surface area contributed by atoms with Crippen molar-refractivity contribution in [3.63, 3.8) is 0 Å². The Morgan fingerprint density at radius 2 is 1.74 bits per heavy atom. The summed E-state index contributed by atoms with van der Waals surface area (Å²) in [6, 6.07) is 6.58. The van der Waals surface area contributed by atoms with Gasteiger partial charge in [-0.15, -0.1) is 0 Å². The minimum absolute atomic E-state index is 0.0251. The number of para-hydroxylation sites is 1. The van der Waals surface area contributed by atoms with E-state index < -0.39 is 12.1 Å². The molecule has 0 unspecified atom stereocenters. The second-order valence-electron chi connectivity index (χ2n) is 10.0. The van der Waals surface area contributed by atoms with E-state index >= 15 is 0 Å². The Labute approximate surface area is 211 Å². The van der Waals surface area contributed by atoms with Crippen LogP contribution in [0.3, 0.4) is 0 Å². The van der Waals surface area contributed by atoms with Gasteiger partial charge in [0.25, 0.3) is 5.91 Å². The third-order valence-electron chi connectivity index (χ3n) is 6.51. The minimum atomic E-state index is -0.804. The number of hydrogen-bond donors (Lipinski definition) is 5.